The van der Waals surface area contributed by atoms with Crippen molar-refractivity contribution in [2.45, 2.75) is 26.2 Å². The lowest BCUT2D eigenvalue weighted by Crippen LogP contribution is -2.01. The molecular weight excluding hydrogens is 338 g/mol. The minimum absolute atomic E-state index is 0.0727. The second kappa shape index (κ2) is 7.87. The number of carbonyl (C=O) groups excluding carboxylic acids is 1. The van der Waals surface area contributed by atoms with Crippen LogP contribution in [0.1, 0.15) is 30.9 Å². The fraction of sp³-hybridized carbons (Fsp3) is 0.200. The van der Waals surface area contributed by atoms with Crippen molar-refractivity contribution in [2.24, 2.45) is 0 Å². The van der Waals surface area contributed by atoms with Gasteiger partial charge in [-0.15, -0.1) is 0 Å². The molecule has 1 aliphatic rings. The molecule has 0 aromatic heterocycles. The summed E-state index contributed by atoms with van der Waals surface area (Å²) >= 11 is 5.93. The van der Waals surface area contributed by atoms with E-state index in [0.29, 0.717) is 36.1 Å². The van der Waals surface area contributed by atoms with Gasteiger partial charge in [0.1, 0.15) is 23.3 Å². The quantitative estimate of drug-likeness (QED) is 0.444. The number of Topliss-reactive ketones (excluding diaryl/α,β-unsaturated/α-hetero) is 1. The number of nitriles is 1. The zero-order valence-corrected chi connectivity index (χ0v) is 14.7. The number of benzene rings is 1. The molecule has 5 heteroatoms. The minimum Gasteiger partial charge on any atom is -0.512 e. The average molecular weight is 356 g/mol. The number of allylic oxidation sites excluding steroid dienone is 5. The predicted octanol–water partition coefficient (Wildman–Crippen LogP) is 4.98. The topological polar surface area (TPSA) is 70.3 Å². The lowest BCUT2D eigenvalue weighted by Gasteiger charge is -2.12. The molecule has 0 aliphatic heterocycles. The summed E-state index contributed by atoms with van der Waals surface area (Å²) in [5.74, 6) is 0.730. The Morgan fingerprint density at radius 3 is 2.72 bits per heavy atom. The van der Waals surface area contributed by atoms with Crippen LogP contribution in [0.3, 0.4) is 0 Å². The normalized spacial score (nSPS) is 14.4. The van der Waals surface area contributed by atoms with Gasteiger partial charge in [0.25, 0.3) is 0 Å². The Hall–Kier alpha value is -2.77. The van der Waals surface area contributed by atoms with E-state index in [1.54, 1.807) is 12.1 Å². The highest BCUT2D eigenvalue weighted by Crippen LogP contribution is 2.34. The maximum Gasteiger partial charge on any atom is 0.167 e. The number of aryl methyl sites for hydroxylation is 1. The van der Waals surface area contributed by atoms with Gasteiger partial charge >= 0.3 is 0 Å². The van der Waals surface area contributed by atoms with Crippen LogP contribution < -0.4 is 4.74 Å². The molecule has 4 nitrogen and oxygen atoms in total. The van der Waals surface area contributed by atoms with E-state index in [1.165, 1.54) is 6.08 Å². The van der Waals surface area contributed by atoms with E-state index in [9.17, 15) is 9.90 Å². The molecule has 0 saturated heterocycles. The average Bonchev–Trinajstić information content (AvgIpc) is 2.92. The van der Waals surface area contributed by atoms with Crippen molar-refractivity contribution in [3.05, 3.63) is 70.7 Å². The molecule has 1 N–H and O–H groups in total. The lowest BCUT2D eigenvalue weighted by atomic mass is 9.96. The van der Waals surface area contributed by atoms with Gasteiger partial charge in [-0.2, -0.15) is 5.26 Å². The SMILES string of the molecule is C=C(/C=C(/Cl)C(=C)C#N)Oc1ccc(CC)c(C2=C(O)CCC2=O)c1. The van der Waals surface area contributed by atoms with Crippen LogP contribution in [0, 0.1) is 11.3 Å². The molecule has 128 valence electrons. The summed E-state index contributed by atoms with van der Waals surface area (Å²) in [6.07, 6.45) is 2.80. The first-order valence-electron chi connectivity index (χ1n) is 7.79. The van der Waals surface area contributed by atoms with Gasteiger partial charge in [0.15, 0.2) is 5.78 Å². The molecule has 0 spiro atoms. The third-order valence-corrected chi connectivity index (χ3v) is 4.18. The second-order valence-electron chi connectivity index (χ2n) is 5.57. The standard InChI is InChI=1S/C20H18ClNO3/c1-4-14-5-6-15(25-13(3)9-17(21)12(2)11-22)10-16(14)20-18(23)7-8-19(20)24/h5-6,9-10,23H,2-4,7-8H2,1H3/b17-9+. The molecule has 1 aliphatic carbocycles. The number of ether oxygens (including phenoxy) is 1. The highest BCUT2D eigenvalue weighted by atomic mass is 35.5. The molecule has 1 aromatic carbocycles. The highest BCUT2D eigenvalue weighted by Gasteiger charge is 2.26. The zero-order chi connectivity index (χ0) is 18.6. The predicted molar refractivity (Wildman–Crippen MR) is 98.1 cm³/mol. The van der Waals surface area contributed by atoms with Crippen molar-refractivity contribution in [3.8, 4) is 11.8 Å². The second-order valence-corrected chi connectivity index (χ2v) is 5.98. The first-order chi connectivity index (χ1) is 11.9. The summed E-state index contributed by atoms with van der Waals surface area (Å²) in [6.45, 7) is 9.23. The van der Waals surface area contributed by atoms with Crippen molar-refractivity contribution in [1.82, 2.24) is 0 Å². The maximum absolute atomic E-state index is 12.1. The third-order valence-electron chi connectivity index (χ3n) is 3.85. The lowest BCUT2D eigenvalue weighted by molar-refractivity contribution is -0.113. The number of rotatable bonds is 6. The molecule has 1 aromatic rings. The summed E-state index contributed by atoms with van der Waals surface area (Å²) in [5, 5.41) is 19.0. The summed E-state index contributed by atoms with van der Waals surface area (Å²) in [5.41, 5.74) is 2.09. The molecule has 0 heterocycles. The van der Waals surface area contributed by atoms with Crippen LogP contribution in [0.25, 0.3) is 5.57 Å². The number of halogens is 1. The fourth-order valence-electron chi connectivity index (χ4n) is 2.57. The van der Waals surface area contributed by atoms with Gasteiger partial charge in [-0.1, -0.05) is 37.7 Å². The van der Waals surface area contributed by atoms with Crippen LogP contribution in [-0.4, -0.2) is 10.9 Å². The summed E-state index contributed by atoms with van der Waals surface area (Å²) in [7, 11) is 0. The smallest absolute Gasteiger partial charge is 0.167 e. The van der Waals surface area contributed by atoms with E-state index in [-0.39, 0.29) is 27.9 Å². The van der Waals surface area contributed by atoms with Gasteiger partial charge in [0.05, 0.1) is 16.2 Å². The Bertz CT molecular complexity index is 856. The highest BCUT2D eigenvalue weighted by molar-refractivity contribution is 6.32. The number of ketones is 1. The van der Waals surface area contributed by atoms with Gasteiger partial charge in [-0.05, 0) is 29.7 Å². The van der Waals surface area contributed by atoms with E-state index in [4.69, 9.17) is 21.6 Å². The van der Waals surface area contributed by atoms with Crippen LogP contribution in [0.2, 0.25) is 0 Å². The van der Waals surface area contributed by atoms with Crippen LogP contribution in [-0.2, 0) is 11.2 Å². The Morgan fingerprint density at radius 1 is 1.44 bits per heavy atom. The first-order valence-corrected chi connectivity index (χ1v) is 8.17. The number of carbonyl (C=O) groups is 1. The van der Waals surface area contributed by atoms with Gasteiger partial charge in [0, 0.05) is 18.9 Å². The summed E-state index contributed by atoms with van der Waals surface area (Å²) < 4.78 is 5.63. The molecule has 0 amide bonds. The Labute approximate surface area is 152 Å². The molecule has 0 fully saturated rings. The monoisotopic (exact) mass is 355 g/mol. The molecule has 25 heavy (non-hydrogen) atoms. The number of aliphatic hydroxyl groups excluding tert-OH is 1. The molecule has 0 unspecified atom stereocenters. The van der Waals surface area contributed by atoms with Crippen LogP contribution >= 0.6 is 11.6 Å². The van der Waals surface area contributed by atoms with Gasteiger partial charge in [-0.25, -0.2) is 0 Å². The Kier molecular flexibility index (Phi) is 5.84. The minimum atomic E-state index is -0.0727. The molecule has 0 radical (unpaired) electrons. The van der Waals surface area contributed by atoms with Crippen molar-refractivity contribution < 1.29 is 14.6 Å². The van der Waals surface area contributed by atoms with Crippen LogP contribution in [0.5, 0.6) is 5.75 Å². The summed E-state index contributed by atoms with van der Waals surface area (Å²) in [4.78, 5) is 12.1. The van der Waals surface area contributed by atoms with Crippen LogP contribution in [0.15, 0.2) is 59.6 Å². The largest absolute Gasteiger partial charge is 0.512 e. The number of hydrogen-bond acceptors (Lipinski definition) is 4. The number of aliphatic hydroxyl groups is 1. The Morgan fingerprint density at radius 2 is 2.16 bits per heavy atom. The molecule has 0 bridgehead atoms. The van der Waals surface area contributed by atoms with E-state index in [2.05, 4.69) is 13.2 Å². The number of nitrogens with zero attached hydrogens (tertiary/aromatic N) is 1. The fourth-order valence-corrected chi connectivity index (χ4v) is 2.74. The van der Waals surface area contributed by atoms with Crippen molar-refractivity contribution in [2.75, 3.05) is 0 Å². The third kappa shape index (κ3) is 4.20. The molecular formula is C20H18ClNO3. The first kappa shape index (κ1) is 18.6. The van der Waals surface area contributed by atoms with Gasteiger partial charge in [0.2, 0.25) is 0 Å². The van der Waals surface area contributed by atoms with Crippen molar-refractivity contribution in [1.29, 1.82) is 5.26 Å². The van der Waals surface area contributed by atoms with Crippen LogP contribution in [0.4, 0.5) is 0 Å². The van der Waals surface area contributed by atoms with Crippen molar-refractivity contribution in [3.63, 3.8) is 0 Å². The van der Waals surface area contributed by atoms with E-state index in [1.807, 2.05) is 19.1 Å². The Balaban J connectivity index is 2.33. The van der Waals surface area contributed by atoms with Crippen molar-refractivity contribution >= 4 is 23.0 Å². The van der Waals surface area contributed by atoms with Gasteiger partial charge in [-0.3, -0.25) is 4.79 Å². The zero-order valence-electron chi connectivity index (χ0n) is 13.9. The van der Waals surface area contributed by atoms with E-state index >= 15 is 0 Å². The van der Waals surface area contributed by atoms with E-state index < -0.39 is 0 Å². The number of hydrogen-bond donors (Lipinski definition) is 1. The maximum atomic E-state index is 12.1. The molecule has 2 rings (SSSR count). The van der Waals surface area contributed by atoms with Gasteiger partial charge < -0.3 is 9.84 Å². The molecule has 0 saturated carbocycles. The summed E-state index contributed by atoms with van der Waals surface area (Å²) in [6, 6.07) is 7.16. The molecule has 0 atom stereocenters. The van der Waals surface area contributed by atoms with E-state index in [0.717, 1.165) is 5.56 Å².